The second-order valence-electron chi connectivity index (χ2n) is 3.43. The topological polar surface area (TPSA) is 46.3 Å². The lowest BCUT2D eigenvalue weighted by atomic mass is 10.2. The summed E-state index contributed by atoms with van der Waals surface area (Å²) in [4.78, 5) is 14.5. The predicted octanol–water partition coefficient (Wildman–Crippen LogP) is 1.61. The molecule has 0 bridgehead atoms. The van der Waals surface area contributed by atoms with Gasteiger partial charge in [-0.1, -0.05) is 6.07 Å². The van der Waals surface area contributed by atoms with Gasteiger partial charge in [0.15, 0.2) is 0 Å². The summed E-state index contributed by atoms with van der Waals surface area (Å²) in [6.45, 7) is 3.71. The fraction of sp³-hybridized carbons (Fsp3) is 0.500. The van der Waals surface area contributed by atoms with Crippen LogP contribution < -0.4 is 5.73 Å². The normalized spacial score (nSPS) is 14.9. The molecule has 78 valence electrons. The summed E-state index contributed by atoms with van der Waals surface area (Å²) in [6, 6.07) is 3.69. The molecular weight excluding hydrogens is 196 g/mol. The molecule has 0 aromatic carbocycles. The van der Waals surface area contributed by atoms with Crippen molar-refractivity contribution in [3.63, 3.8) is 0 Å². The Morgan fingerprint density at radius 1 is 1.57 bits per heavy atom. The Labute approximate surface area is 88.5 Å². The first-order valence-corrected chi connectivity index (χ1v) is 5.47. The molecule has 2 atom stereocenters. The van der Waals surface area contributed by atoms with Crippen LogP contribution in [0.2, 0.25) is 0 Å². The van der Waals surface area contributed by atoms with Gasteiger partial charge >= 0.3 is 0 Å². The molecule has 1 aromatic heterocycles. The van der Waals surface area contributed by atoms with Gasteiger partial charge in [-0.3, -0.25) is 4.79 Å². The molecule has 2 N–H and O–H groups in total. The van der Waals surface area contributed by atoms with Gasteiger partial charge in [0.25, 0.3) is 0 Å². The van der Waals surface area contributed by atoms with Crippen LogP contribution in [0.3, 0.4) is 0 Å². The first-order valence-electron chi connectivity index (χ1n) is 4.59. The van der Waals surface area contributed by atoms with Crippen LogP contribution >= 0.6 is 11.3 Å². The number of nitrogens with zero attached hydrogens (tertiary/aromatic N) is 1. The van der Waals surface area contributed by atoms with Gasteiger partial charge in [0.2, 0.25) is 5.91 Å². The van der Waals surface area contributed by atoms with E-state index in [0.717, 1.165) is 0 Å². The van der Waals surface area contributed by atoms with Crippen molar-refractivity contribution in [2.45, 2.75) is 25.9 Å². The zero-order valence-electron chi connectivity index (χ0n) is 8.73. The van der Waals surface area contributed by atoms with Gasteiger partial charge in [0.1, 0.15) is 0 Å². The maximum Gasteiger partial charge on any atom is 0.239 e. The summed E-state index contributed by atoms with van der Waals surface area (Å²) < 4.78 is 0. The van der Waals surface area contributed by atoms with Crippen molar-refractivity contribution >= 4 is 17.2 Å². The van der Waals surface area contributed by atoms with E-state index >= 15 is 0 Å². The maximum atomic E-state index is 11.6. The monoisotopic (exact) mass is 212 g/mol. The summed E-state index contributed by atoms with van der Waals surface area (Å²) in [7, 11) is 1.79. The smallest absolute Gasteiger partial charge is 0.239 e. The molecule has 1 rings (SSSR count). The molecule has 14 heavy (non-hydrogen) atoms. The summed E-state index contributed by atoms with van der Waals surface area (Å²) >= 11 is 1.65. The maximum absolute atomic E-state index is 11.6. The van der Waals surface area contributed by atoms with Gasteiger partial charge in [-0.15, -0.1) is 11.3 Å². The van der Waals surface area contributed by atoms with Crippen LogP contribution in [0, 0.1) is 0 Å². The van der Waals surface area contributed by atoms with Gasteiger partial charge < -0.3 is 10.6 Å². The molecule has 3 nitrogen and oxygen atoms in total. The highest BCUT2D eigenvalue weighted by Crippen LogP contribution is 2.23. The van der Waals surface area contributed by atoms with Gasteiger partial charge in [-0.2, -0.15) is 0 Å². The van der Waals surface area contributed by atoms with E-state index in [-0.39, 0.29) is 11.9 Å². The van der Waals surface area contributed by atoms with E-state index in [4.69, 9.17) is 5.73 Å². The van der Waals surface area contributed by atoms with Crippen LogP contribution in [0.5, 0.6) is 0 Å². The molecule has 0 aliphatic rings. The van der Waals surface area contributed by atoms with E-state index in [0.29, 0.717) is 0 Å². The number of rotatable bonds is 3. The molecule has 0 saturated heterocycles. The van der Waals surface area contributed by atoms with Crippen molar-refractivity contribution in [3.8, 4) is 0 Å². The van der Waals surface area contributed by atoms with Gasteiger partial charge in [-0.05, 0) is 25.3 Å². The number of thiophene rings is 1. The average molecular weight is 212 g/mol. The summed E-state index contributed by atoms with van der Waals surface area (Å²) in [6.07, 6.45) is 0. The standard InChI is InChI=1S/C10H16N2OS/c1-7(11)10(13)12(3)8(2)9-5-4-6-14-9/h4-8H,11H2,1-3H3. The third-order valence-corrected chi connectivity index (χ3v) is 3.32. The summed E-state index contributed by atoms with van der Waals surface area (Å²) in [5.41, 5.74) is 5.54. The van der Waals surface area contributed by atoms with E-state index in [1.807, 2.05) is 24.4 Å². The Kier molecular flexibility index (Phi) is 3.66. The highest BCUT2D eigenvalue weighted by atomic mass is 32.1. The number of amides is 1. The second-order valence-corrected chi connectivity index (χ2v) is 4.41. The fourth-order valence-electron chi connectivity index (χ4n) is 1.23. The van der Waals surface area contributed by atoms with E-state index in [1.165, 1.54) is 4.88 Å². The molecule has 1 amide bonds. The predicted molar refractivity (Wildman–Crippen MR) is 59.2 cm³/mol. The number of nitrogens with two attached hydrogens (primary N) is 1. The zero-order chi connectivity index (χ0) is 10.7. The summed E-state index contributed by atoms with van der Waals surface area (Å²) in [5, 5.41) is 2.01. The van der Waals surface area contributed by atoms with Crippen LogP contribution in [0.4, 0.5) is 0 Å². The Morgan fingerprint density at radius 2 is 2.21 bits per heavy atom. The van der Waals surface area contributed by atoms with Crippen molar-refractivity contribution < 1.29 is 4.79 Å². The van der Waals surface area contributed by atoms with E-state index in [2.05, 4.69) is 0 Å². The number of carbonyl (C=O) groups is 1. The molecule has 0 aliphatic heterocycles. The molecular formula is C10H16N2OS. The molecule has 0 fully saturated rings. The van der Waals surface area contributed by atoms with Crippen LogP contribution in [-0.2, 0) is 4.79 Å². The molecule has 1 heterocycles. The van der Waals surface area contributed by atoms with Gasteiger partial charge in [-0.25, -0.2) is 0 Å². The van der Waals surface area contributed by atoms with Crippen molar-refractivity contribution in [2.75, 3.05) is 7.05 Å². The Hall–Kier alpha value is -0.870. The van der Waals surface area contributed by atoms with E-state index in [9.17, 15) is 4.79 Å². The van der Waals surface area contributed by atoms with Crippen molar-refractivity contribution in [2.24, 2.45) is 5.73 Å². The molecule has 0 spiro atoms. The lowest BCUT2D eigenvalue weighted by Gasteiger charge is -2.25. The average Bonchev–Trinajstić information content (AvgIpc) is 2.67. The minimum absolute atomic E-state index is 0.0223. The minimum Gasteiger partial charge on any atom is -0.337 e. The van der Waals surface area contributed by atoms with Crippen LogP contribution in [0.15, 0.2) is 17.5 Å². The Balaban J connectivity index is 2.70. The summed E-state index contributed by atoms with van der Waals surface area (Å²) in [5.74, 6) is -0.0223. The first kappa shape index (κ1) is 11.2. The van der Waals surface area contributed by atoms with Gasteiger partial charge in [0.05, 0.1) is 12.1 Å². The van der Waals surface area contributed by atoms with E-state index < -0.39 is 6.04 Å². The molecule has 2 unspecified atom stereocenters. The Morgan fingerprint density at radius 3 is 2.64 bits per heavy atom. The quantitative estimate of drug-likeness (QED) is 0.827. The minimum atomic E-state index is -0.428. The third-order valence-electron chi connectivity index (χ3n) is 2.27. The van der Waals surface area contributed by atoms with E-state index in [1.54, 1.807) is 30.2 Å². The SMILES string of the molecule is CC(N)C(=O)N(C)C(C)c1cccs1. The highest BCUT2D eigenvalue weighted by Gasteiger charge is 2.20. The number of hydrogen-bond donors (Lipinski definition) is 1. The molecule has 1 aromatic rings. The van der Waals surface area contributed by atoms with Crippen molar-refractivity contribution in [1.82, 2.24) is 4.90 Å². The molecule has 0 saturated carbocycles. The highest BCUT2D eigenvalue weighted by molar-refractivity contribution is 7.10. The second kappa shape index (κ2) is 4.57. The number of likely N-dealkylation sites (N-methyl/N-ethyl adjacent to an activating group) is 1. The third kappa shape index (κ3) is 2.33. The largest absolute Gasteiger partial charge is 0.337 e. The van der Waals surface area contributed by atoms with Crippen molar-refractivity contribution in [3.05, 3.63) is 22.4 Å². The lowest BCUT2D eigenvalue weighted by molar-refractivity contribution is -0.132. The van der Waals surface area contributed by atoms with Crippen LogP contribution in [-0.4, -0.2) is 23.9 Å². The lowest BCUT2D eigenvalue weighted by Crippen LogP contribution is -2.40. The number of hydrogen-bond acceptors (Lipinski definition) is 3. The zero-order valence-corrected chi connectivity index (χ0v) is 9.54. The van der Waals surface area contributed by atoms with Gasteiger partial charge in [0, 0.05) is 11.9 Å². The van der Waals surface area contributed by atoms with Crippen molar-refractivity contribution in [1.29, 1.82) is 0 Å². The first-order chi connectivity index (χ1) is 6.54. The van der Waals surface area contributed by atoms with Crippen LogP contribution in [0.1, 0.15) is 24.8 Å². The molecule has 0 radical (unpaired) electrons. The molecule has 0 aliphatic carbocycles. The van der Waals surface area contributed by atoms with Crippen LogP contribution in [0.25, 0.3) is 0 Å². The Bertz CT molecular complexity index is 295. The molecule has 4 heteroatoms. The number of carbonyl (C=O) groups excluding carboxylic acids is 1. The fourth-order valence-corrected chi connectivity index (χ4v) is 2.06.